The fraction of sp³-hybridized carbons (Fsp3) is 0.242. The number of nitrogens with one attached hydrogen (secondary N) is 2. The number of hydrogen-bond donors (Lipinski definition) is 3. The molecule has 0 atom stereocenters. The van der Waals surface area contributed by atoms with Crippen LogP contribution in [-0.2, 0) is 11.3 Å². The lowest BCUT2D eigenvalue weighted by Gasteiger charge is -2.13. The Hall–Kier alpha value is -4.14. The maximum atomic E-state index is 13.9. The van der Waals surface area contributed by atoms with E-state index in [0.717, 1.165) is 47.8 Å². The maximum absolute atomic E-state index is 13.9. The summed E-state index contributed by atoms with van der Waals surface area (Å²) in [7, 11) is 0. The average molecular weight is 622 g/mol. The van der Waals surface area contributed by atoms with Gasteiger partial charge in [0.1, 0.15) is 11.5 Å². The van der Waals surface area contributed by atoms with Crippen LogP contribution in [0, 0.1) is 5.82 Å². The van der Waals surface area contributed by atoms with Gasteiger partial charge < -0.3 is 15.4 Å². The first-order chi connectivity index (χ1) is 20.8. The van der Waals surface area contributed by atoms with E-state index in [1.165, 1.54) is 12.1 Å². The summed E-state index contributed by atoms with van der Waals surface area (Å²) in [6, 6.07) is 19.1. The topological polar surface area (TPSA) is 100 Å². The van der Waals surface area contributed by atoms with Crippen LogP contribution >= 0.6 is 23.2 Å². The minimum Gasteiger partial charge on any atom is -0.481 e. The molecule has 0 unspecified atom stereocenters. The first-order valence-corrected chi connectivity index (χ1v) is 14.9. The molecule has 2 aromatic heterocycles. The number of unbranched alkanes of at least 4 members (excludes halogenated alkanes) is 4. The molecule has 0 spiro atoms. The molecule has 222 valence electrons. The van der Waals surface area contributed by atoms with Crippen molar-refractivity contribution in [3.8, 4) is 22.4 Å². The van der Waals surface area contributed by atoms with Gasteiger partial charge in [0, 0.05) is 45.0 Å². The van der Waals surface area contributed by atoms with Crippen LogP contribution in [0.2, 0.25) is 10.0 Å². The molecule has 0 aliphatic heterocycles. The highest BCUT2D eigenvalue weighted by atomic mass is 35.5. The number of carboxylic acids is 1. The van der Waals surface area contributed by atoms with Crippen LogP contribution in [0.15, 0.2) is 72.9 Å². The number of amides is 1. The molecular formula is C33H31Cl2FN4O3. The van der Waals surface area contributed by atoms with E-state index in [4.69, 9.17) is 33.4 Å². The summed E-state index contributed by atoms with van der Waals surface area (Å²) < 4.78 is 15.7. The fourth-order valence-electron chi connectivity index (χ4n) is 5.18. The number of carbonyl (C=O) groups is 2. The van der Waals surface area contributed by atoms with Crippen LogP contribution in [0.25, 0.3) is 33.3 Å². The lowest BCUT2D eigenvalue weighted by atomic mass is 9.98. The van der Waals surface area contributed by atoms with Crippen molar-refractivity contribution >= 4 is 46.0 Å². The third kappa shape index (κ3) is 7.45. The summed E-state index contributed by atoms with van der Waals surface area (Å²) >= 11 is 12.5. The van der Waals surface area contributed by atoms with Gasteiger partial charge in [-0.2, -0.15) is 5.10 Å². The molecule has 0 bridgehead atoms. The van der Waals surface area contributed by atoms with Gasteiger partial charge in [-0.1, -0.05) is 72.8 Å². The van der Waals surface area contributed by atoms with Gasteiger partial charge in [-0.25, -0.2) is 4.39 Å². The fourth-order valence-corrected chi connectivity index (χ4v) is 5.48. The van der Waals surface area contributed by atoms with Gasteiger partial charge in [0.2, 0.25) is 0 Å². The highest BCUT2D eigenvalue weighted by Gasteiger charge is 2.26. The van der Waals surface area contributed by atoms with Gasteiger partial charge in [-0.15, -0.1) is 0 Å². The molecule has 2 heterocycles. The summed E-state index contributed by atoms with van der Waals surface area (Å²) in [6.07, 6.45) is 5.98. The van der Waals surface area contributed by atoms with Crippen LogP contribution in [0.1, 0.15) is 54.6 Å². The number of carbonyl (C=O) groups excluding carboxylic acids is 1. The summed E-state index contributed by atoms with van der Waals surface area (Å²) in [5.74, 6) is -1.39. The Bertz CT molecular complexity index is 1730. The van der Waals surface area contributed by atoms with Crippen molar-refractivity contribution in [2.24, 2.45) is 0 Å². The van der Waals surface area contributed by atoms with Crippen molar-refractivity contribution < 1.29 is 19.1 Å². The Kier molecular flexibility index (Phi) is 9.79. The predicted octanol–water partition coefficient (Wildman–Crippen LogP) is 8.35. The minimum absolute atomic E-state index is 0.179. The summed E-state index contributed by atoms with van der Waals surface area (Å²) in [4.78, 5) is 27.7. The summed E-state index contributed by atoms with van der Waals surface area (Å²) in [5.41, 5.74) is 4.94. The van der Waals surface area contributed by atoms with E-state index in [1.807, 2.05) is 35.0 Å². The number of aliphatic carboxylic acids is 1. The second kappa shape index (κ2) is 13.9. The van der Waals surface area contributed by atoms with Crippen LogP contribution in [0.3, 0.4) is 0 Å². The Morgan fingerprint density at radius 1 is 0.907 bits per heavy atom. The Labute approximate surface area is 258 Å². The highest BCUT2D eigenvalue weighted by molar-refractivity contribution is 6.31. The van der Waals surface area contributed by atoms with Gasteiger partial charge in [0.25, 0.3) is 5.91 Å². The average Bonchev–Trinajstić information content (AvgIpc) is 3.56. The normalized spacial score (nSPS) is 11.2. The van der Waals surface area contributed by atoms with E-state index in [-0.39, 0.29) is 18.1 Å². The lowest BCUT2D eigenvalue weighted by Crippen LogP contribution is -2.25. The lowest BCUT2D eigenvalue weighted by molar-refractivity contribution is -0.137. The molecule has 0 saturated carbocycles. The summed E-state index contributed by atoms with van der Waals surface area (Å²) in [6.45, 7) is 0.888. The highest BCUT2D eigenvalue weighted by Crippen LogP contribution is 2.40. The number of benzene rings is 3. The third-order valence-corrected chi connectivity index (χ3v) is 7.80. The number of nitrogens with zero attached hydrogens (tertiary/aromatic N) is 2. The van der Waals surface area contributed by atoms with Crippen molar-refractivity contribution in [1.82, 2.24) is 20.1 Å². The first-order valence-electron chi connectivity index (χ1n) is 14.2. The molecule has 7 nitrogen and oxygen atoms in total. The molecule has 0 aliphatic rings. The number of rotatable bonds is 13. The smallest absolute Gasteiger partial charge is 0.303 e. The molecule has 3 aromatic carbocycles. The van der Waals surface area contributed by atoms with E-state index >= 15 is 0 Å². The quantitative estimate of drug-likeness (QED) is 0.115. The number of aromatic amines is 1. The van der Waals surface area contributed by atoms with E-state index in [1.54, 1.807) is 30.5 Å². The zero-order valence-corrected chi connectivity index (χ0v) is 24.9. The van der Waals surface area contributed by atoms with Gasteiger partial charge in [0.05, 0.1) is 18.4 Å². The van der Waals surface area contributed by atoms with Crippen molar-refractivity contribution in [3.63, 3.8) is 0 Å². The number of fused-ring (bicyclic) bond motifs is 1. The Balaban J connectivity index is 1.50. The number of aromatic nitrogens is 3. The molecule has 5 rings (SSSR count). The van der Waals surface area contributed by atoms with Gasteiger partial charge in [-0.3, -0.25) is 14.3 Å². The number of hydrogen-bond acceptors (Lipinski definition) is 3. The maximum Gasteiger partial charge on any atom is 0.303 e. The van der Waals surface area contributed by atoms with E-state index < -0.39 is 5.97 Å². The minimum atomic E-state index is -0.778. The molecule has 1 amide bonds. The molecule has 0 saturated heterocycles. The van der Waals surface area contributed by atoms with E-state index in [2.05, 4.69) is 10.3 Å². The van der Waals surface area contributed by atoms with E-state index in [0.29, 0.717) is 52.0 Å². The van der Waals surface area contributed by atoms with Crippen molar-refractivity contribution in [2.45, 2.75) is 45.1 Å². The summed E-state index contributed by atoms with van der Waals surface area (Å²) in [5, 5.41) is 18.5. The number of halogens is 3. The standard InChI is InChI=1S/C33H31Cl2FN4O3/c34-23-11-7-21(8-12-23)20-40-32(27(19-38-40)22-9-14-25(36)15-10-22)30-26-16-13-24(35)18-28(26)39-31(30)33(43)37-17-5-3-1-2-4-6-29(41)42/h7-16,18-19,39H,1-6,17,20H2,(H,37,43)(H,41,42). The number of carboxylic acid groups (broad SMARTS) is 1. The molecular weight excluding hydrogens is 590 g/mol. The second-order valence-corrected chi connectivity index (χ2v) is 11.3. The van der Waals surface area contributed by atoms with Crippen LogP contribution < -0.4 is 5.32 Å². The number of H-pyrrole nitrogens is 1. The third-order valence-electron chi connectivity index (χ3n) is 7.32. The first kappa shape index (κ1) is 30.3. The van der Waals surface area contributed by atoms with Crippen LogP contribution in [0.4, 0.5) is 4.39 Å². The molecule has 5 aromatic rings. The van der Waals surface area contributed by atoms with E-state index in [9.17, 15) is 14.0 Å². The molecule has 10 heteroatoms. The predicted molar refractivity (Wildman–Crippen MR) is 168 cm³/mol. The Morgan fingerprint density at radius 2 is 1.60 bits per heavy atom. The monoisotopic (exact) mass is 620 g/mol. The molecule has 0 radical (unpaired) electrons. The second-order valence-electron chi connectivity index (χ2n) is 10.4. The van der Waals surface area contributed by atoms with Gasteiger partial charge in [-0.05, 0) is 60.4 Å². The van der Waals surface area contributed by atoms with Crippen molar-refractivity contribution in [2.75, 3.05) is 6.54 Å². The zero-order valence-electron chi connectivity index (χ0n) is 23.4. The van der Waals surface area contributed by atoms with Crippen LogP contribution in [-0.4, -0.2) is 38.3 Å². The molecule has 43 heavy (non-hydrogen) atoms. The Morgan fingerprint density at radius 3 is 2.35 bits per heavy atom. The van der Waals surface area contributed by atoms with Crippen LogP contribution in [0.5, 0.6) is 0 Å². The zero-order chi connectivity index (χ0) is 30.3. The molecule has 0 fully saturated rings. The molecule has 3 N–H and O–H groups in total. The molecule has 0 aliphatic carbocycles. The largest absolute Gasteiger partial charge is 0.481 e. The van der Waals surface area contributed by atoms with Crippen molar-refractivity contribution in [3.05, 3.63) is 100 Å². The SMILES string of the molecule is O=C(O)CCCCCCCNC(=O)c1[nH]c2cc(Cl)ccc2c1-c1c(-c2ccc(F)cc2)cnn1Cc1ccc(Cl)cc1. The van der Waals surface area contributed by atoms with Gasteiger partial charge >= 0.3 is 5.97 Å². The van der Waals surface area contributed by atoms with Crippen molar-refractivity contribution in [1.29, 1.82) is 0 Å². The van der Waals surface area contributed by atoms with Gasteiger partial charge in [0.15, 0.2) is 0 Å².